The Labute approximate surface area is 119 Å². The van der Waals surface area contributed by atoms with Crippen LogP contribution in [0.3, 0.4) is 0 Å². The Morgan fingerprint density at radius 1 is 1.47 bits per heavy atom. The van der Waals surface area contributed by atoms with Crippen LogP contribution in [-0.2, 0) is 11.3 Å². The third-order valence-corrected chi connectivity index (χ3v) is 4.05. The summed E-state index contributed by atoms with van der Waals surface area (Å²) in [6, 6.07) is 4.22. The summed E-state index contributed by atoms with van der Waals surface area (Å²) in [4.78, 5) is 4.73. The Kier molecular flexibility index (Phi) is 5.87. The van der Waals surface area contributed by atoms with E-state index >= 15 is 0 Å². The summed E-state index contributed by atoms with van der Waals surface area (Å²) in [6.45, 7) is 4.14. The zero-order valence-corrected chi connectivity index (χ0v) is 12.3. The standard InChI is InChI=1S/C15H22N2OS/c1-17(9-10-18-12-13-4-5-13)11-15-7-6-14(19-15)3-2-8-16/h6-7,13H,4-5,8-12,16H2,1H3. The van der Waals surface area contributed by atoms with Gasteiger partial charge < -0.3 is 10.5 Å². The van der Waals surface area contributed by atoms with Crippen LogP contribution in [0.1, 0.15) is 22.6 Å². The first-order valence-corrected chi connectivity index (χ1v) is 7.63. The molecule has 0 spiro atoms. The second kappa shape index (κ2) is 7.66. The van der Waals surface area contributed by atoms with Crippen LogP contribution in [0.25, 0.3) is 0 Å². The van der Waals surface area contributed by atoms with Crippen molar-refractivity contribution in [2.75, 3.05) is 33.4 Å². The molecule has 1 fully saturated rings. The lowest BCUT2D eigenvalue weighted by Gasteiger charge is -2.15. The Bertz CT molecular complexity index is 442. The largest absolute Gasteiger partial charge is 0.380 e. The second-order valence-electron chi connectivity index (χ2n) is 5.03. The van der Waals surface area contributed by atoms with Crippen molar-refractivity contribution in [3.63, 3.8) is 0 Å². The zero-order chi connectivity index (χ0) is 13.5. The summed E-state index contributed by atoms with van der Waals surface area (Å²) in [7, 11) is 2.13. The lowest BCUT2D eigenvalue weighted by Crippen LogP contribution is -2.22. The number of likely N-dealkylation sites (N-methyl/N-ethyl adjacent to an activating group) is 1. The van der Waals surface area contributed by atoms with E-state index in [0.717, 1.165) is 37.1 Å². The van der Waals surface area contributed by atoms with Crippen molar-refractivity contribution in [3.8, 4) is 11.8 Å². The third kappa shape index (κ3) is 5.75. The summed E-state index contributed by atoms with van der Waals surface area (Å²) < 4.78 is 5.65. The molecule has 1 aromatic rings. The van der Waals surface area contributed by atoms with Gasteiger partial charge >= 0.3 is 0 Å². The van der Waals surface area contributed by atoms with Gasteiger partial charge in [-0.3, -0.25) is 4.90 Å². The van der Waals surface area contributed by atoms with E-state index in [-0.39, 0.29) is 0 Å². The Balaban J connectivity index is 1.65. The molecule has 0 amide bonds. The molecule has 0 saturated heterocycles. The number of thiophene rings is 1. The van der Waals surface area contributed by atoms with Crippen molar-refractivity contribution in [2.45, 2.75) is 19.4 Å². The van der Waals surface area contributed by atoms with E-state index in [9.17, 15) is 0 Å². The highest BCUT2D eigenvalue weighted by Crippen LogP contribution is 2.28. The molecule has 0 aliphatic heterocycles. The number of hydrogen-bond donors (Lipinski definition) is 1. The van der Waals surface area contributed by atoms with Crippen LogP contribution in [0.15, 0.2) is 12.1 Å². The predicted molar refractivity (Wildman–Crippen MR) is 80.1 cm³/mol. The number of nitrogens with zero attached hydrogens (tertiary/aromatic N) is 1. The summed E-state index contributed by atoms with van der Waals surface area (Å²) in [6.07, 6.45) is 2.72. The Morgan fingerprint density at radius 3 is 3.05 bits per heavy atom. The van der Waals surface area contributed by atoms with Gasteiger partial charge in [-0.15, -0.1) is 11.3 Å². The van der Waals surface area contributed by atoms with Crippen molar-refractivity contribution in [1.29, 1.82) is 0 Å². The van der Waals surface area contributed by atoms with E-state index in [0.29, 0.717) is 6.54 Å². The SMILES string of the molecule is CN(CCOCC1CC1)Cc1ccc(C#CCN)s1. The van der Waals surface area contributed by atoms with Gasteiger partial charge in [0.15, 0.2) is 0 Å². The number of ether oxygens (including phenoxy) is 1. The molecule has 0 unspecified atom stereocenters. The minimum atomic E-state index is 0.422. The van der Waals surface area contributed by atoms with Crippen molar-refractivity contribution in [1.82, 2.24) is 4.90 Å². The monoisotopic (exact) mass is 278 g/mol. The molecule has 1 aliphatic carbocycles. The molecular formula is C15H22N2OS. The maximum Gasteiger partial charge on any atom is 0.0772 e. The highest BCUT2D eigenvalue weighted by atomic mass is 32.1. The molecule has 0 atom stereocenters. The highest BCUT2D eigenvalue weighted by Gasteiger charge is 2.20. The smallest absolute Gasteiger partial charge is 0.0772 e. The molecule has 1 aromatic heterocycles. The summed E-state index contributed by atoms with van der Waals surface area (Å²) in [5.74, 6) is 6.81. The van der Waals surface area contributed by atoms with E-state index < -0.39 is 0 Å². The molecule has 1 saturated carbocycles. The first kappa shape index (κ1) is 14.5. The second-order valence-corrected chi connectivity index (χ2v) is 6.20. The molecule has 0 radical (unpaired) electrons. The van der Waals surface area contributed by atoms with Crippen molar-refractivity contribution in [2.24, 2.45) is 11.7 Å². The molecule has 0 bridgehead atoms. The van der Waals surface area contributed by atoms with E-state index in [1.807, 2.05) is 0 Å². The van der Waals surface area contributed by atoms with Crippen LogP contribution in [0.5, 0.6) is 0 Å². The van der Waals surface area contributed by atoms with Gasteiger partial charge in [-0.2, -0.15) is 0 Å². The first-order valence-electron chi connectivity index (χ1n) is 6.82. The number of rotatable bonds is 7. The van der Waals surface area contributed by atoms with Crippen molar-refractivity contribution in [3.05, 3.63) is 21.9 Å². The van der Waals surface area contributed by atoms with Crippen LogP contribution >= 0.6 is 11.3 Å². The highest BCUT2D eigenvalue weighted by molar-refractivity contribution is 7.12. The van der Waals surface area contributed by atoms with Crippen LogP contribution in [0, 0.1) is 17.8 Å². The van der Waals surface area contributed by atoms with Gasteiger partial charge in [0.25, 0.3) is 0 Å². The molecule has 2 N–H and O–H groups in total. The number of nitrogens with two attached hydrogens (primary N) is 1. The molecule has 1 heterocycles. The Hall–Kier alpha value is -0.860. The van der Waals surface area contributed by atoms with Gasteiger partial charge in [-0.25, -0.2) is 0 Å². The van der Waals surface area contributed by atoms with Crippen LogP contribution in [-0.4, -0.2) is 38.3 Å². The molecule has 19 heavy (non-hydrogen) atoms. The molecule has 4 heteroatoms. The van der Waals surface area contributed by atoms with E-state index in [1.54, 1.807) is 11.3 Å². The van der Waals surface area contributed by atoms with Crippen LogP contribution in [0.4, 0.5) is 0 Å². The maximum atomic E-state index is 5.65. The van der Waals surface area contributed by atoms with Gasteiger partial charge in [0, 0.05) is 24.6 Å². The molecule has 1 aliphatic rings. The fourth-order valence-corrected chi connectivity index (χ4v) is 2.73. The van der Waals surface area contributed by atoms with E-state index in [1.165, 1.54) is 17.7 Å². The van der Waals surface area contributed by atoms with Gasteiger partial charge in [0.1, 0.15) is 0 Å². The lowest BCUT2D eigenvalue weighted by molar-refractivity contribution is 0.102. The molecule has 2 rings (SSSR count). The summed E-state index contributed by atoms with van der Waals surface area (Å²) in [5, 5.41) is 0. The average Bonchev–Trinajstić information content (AvgIpc) is 3.12. The third-order valence-electron chi connectivity index (χ3n) is 3.07. The quantitative estimate of drug-likeness (QED) is 0.612. The maximum absolute atomic E-state index is 5.65. The van der Waals surface area contributed by atoms with Gasteiger partial charge in [-0.1, -0.05) is 11.8 Å². The topological polar surface area (TPSA) is 38.5 Å². The Morgan fingerprint density at radius 2 is 2.32 bits per heavy atom. The molecule has 104 valence electrons. The molecule has 3 nitrogen and oxygen atoms in total. The fourth-order valence-electron chi connectivity index (χ4n) is 1.77. The van der Waals surface area contributed by atoms with Gasteiger partial charge in [-0.05, 0) is 37.9 Å². The summed E-state index contributed by atoms with van der Waals surface area (Å²) >= 11 is 1.74. The predicted octanol–water partition coefficient (Wildman–Crippen LogP) is 1.92. The normalized spacial score (nSPS) is 14.5. The summed E-state index contributed by atoms with van der Waals surface area (Å²) in [5.41, 5.74) is 5.37. The number of hydrogen-bond acceptors (Lipinski definition) is 4. The first-order chi connectivity index (χ1) is 9.28. The lowest BCUT2D eigenvalue weighted by atomic mass is 10.4. The van der Waals surface area contributed by atoms with E-state index in [2.05, 4.69) is 35.9 Å². The van der Waals surface area contributed by atoms with Crippen LogP contribution < -0.4 is 5.73 Å². The molecule has 0 aromatic carbocycles. The van der Waals surface area contributed by atoms with Gasteiger partial charge in [0.05, 0.1) is 18.0 Å². The minimum Gasteiger partial charge on any atom is -0.380 e. The van der Waals surface area contributed by atoms with E-state index in [4.69, 9.17) is 10.5 Å². The van der Waals surface area contributed by atoms with Crippen LogP contribution in [0.2, 0.25) is 0 Å². The fraction of sp³-hybridized carbons (Fsp3) is 0.600. The average molecular weight is 278 g/mol. The molecular weight excluding hydrogens is 256 g/mol. The van der Waals surface area contributed by atoms with Gasteiger partial charge in [0.2, 0.25) is 0 Å². The van der Waals surface area contributed by atoms with Crippen molar-refractivity contribution >= 4 is 11.3 Å². The zero-order valence-electron chi connectivity index (χ0n) is 11.5. The van der Waals surface area contributed by atoms with Crippen molar-refractivity contribution < 1.29 is 4.74 Å². The minimum absolute atomic E-state index is 0.422.